The minimum atomic E-state index is -0.757. The molecule has 0 aliphatic heterocycles. The molecule has 0 bridgehead atoms. The molecular formula is C12H16N2O2S. The topological polar surface area (TPSA) is 63.1 Å². The Kier molecular flexibility index (Phi) is 3.99. The van der Waals surface area contributed by atoms with Gasteiger partial charge < -0.3 is 5.11 Å². The number of hydrogen-bond acceptors (Lipinski definition) is 4. The van der Waals surface area contributed by atoms with E-state index in [2.05, 4.69) is 9.97 Å². The maximum atomic E-state index is 10.6. The van der Waals surface area contributed by atoms with Crippen LogP contribution in [-0.4, -0.2) is 26.3 Å². The van der Waals surface area contributed by atoms with Crippen molar-refractivity contribution in [3.8, 4) is 0 Å². The van der Waals surface area contributed by atoms with Gasteiger partial charge in [0, 0.05) is 16.5 Å². The smallest absolute Gasteiger partial charge is 0.304 e. The van der Waals surface area contributed by atoms with Crippen LogP contribution in [0.1, 0.15) is 37.4 Å². The first kappa shape index (κ1) is 12.4. The van der Waals surface area contributed by atoms with Crippen LogP contribution in [-0.2, 0) is 17.6 Å². The van der Waals surface area contributed by atoms with Gasteiger partial charge in [-0.1, -0.05) is 6.92 Å². The van der Waals surface area contributed by atoms with Gasteiger partial charge >= 0.3 is 5.97 Å². The van der Waals surface area contributed by atoms with E-state index in [4.69, 9.17) is 5.11 Å². The van der Waals surface area contributed by atoms with E-state index >= 15 is 0 Å². The molecule has 0 aromatic carbocycles. The van der Waals surface area contributed by atoms with Crippen molar-refractivity contribution < 1.29 is 9.90 Å². The quantitative estimate of drug-likeness (QED) is 0.658. The minimum Gasteiger partial charge on any atom is -0.481 e. The molecule has 0 saturated heterocycles. The molecule has 5 heteroatoms. The van der Waals surface area contributed by atoms with E-state index in [1.165, 1.54) is 18.4 Å². The Hall–Kier alpha value is -1.10. The lowest BCUT2D eigenvalue weighted by Gasteiger charge is -2.18. The van der Waals surface area contributed by atoms with Crippen molar-refractivity contribution in [2.75, 3.05) is 0 Å². The zero-order valence-electron chi connectivity index (χ0n) is 9.85. The highest BCUT2D eigenvalue weighted by Crippen LogP contribution is 2.31. The van der Waals surface area contributed by atoms with E-state index in [0.717, 1.165) is 23.6 Å². The van der Waals surface area contributed by atoms with Crippen molar-refractivity contribution in [1.82, 2.24) is 9.97 Å². The molecule has 17 heavy (non-hydrogen) atoms. The van der Waals surface area contributed by atoms with Crippen LogP contribution in [0, 0.1) is 0 Å². The highest BCUT2D eigenvalue weighted by Gasteiger charge is 2.18. The third kappa shape index (κ3) is 3.19. The number of hydrogen-bond donors (Lipinski definition) is 1. The summed E-state index contributed by atoms with van der Waals surface area (Å²) in [5.41, 5.74) is 2.39. The van der Waals surface area contributed by atoms with Crippen LogP contribution in [0.5, 0.6) is 0 Å². The molecule has 4 nitrogen and oxygen atoms in total. The van der Waals surface area contributed by atoms with E-state index in [9.17, 15) is 4.79 Å². The van der Waals surface area contributed by atoms with E-state index in [-0.39, 0.29) is 11.7 Å². The first-order chi connectivity index (χ1) is 8.16. The van der Waals surface area contributed by atoms with Crippen LogP contribution >= 0.6 is 11.8 Å². The van der Waals surface area contributed by atoms with E-state index < -0.39 is 5.97 Å². The lowest BCUT2D eigenvalue weighted by atomic mass is 9.98. The Bertz CT molecular complexity index is 423. The van der Waals surface area contributed by atoms with Crippen LogP contribution in [0.15, 0.2) is 11.4 Å². The van der Waals surface area contributed by atoms with Crippen molar-refractivity contribution in [1.29, 1.82) is 0 Å². The zero-order valence-corrected chi connectivity index (χ0v) is 10.7. The summed E-state index contributed by atoms with van der Waals surface area (Å²) < 4.78 is 0. The van der Waals surface area contributed by atoms with Crippen LogP contribution in [0.25, 0.3) is 0 Å². The van der Waals surface area contributed by atoms with Crippen LogP contribution < -0.4 is 0 Å². The average Bonchev–Trinajstić information content (AvgIpc) is 2.28. The number of carbonyl (C=O) groups is 1. The van der Waals surface area contributed by atoms with Crippen molar-refractivity contribution in [2.45, 2.75) is 49.3 Å². The molecule has 1 aromatic rings. The second-order valence-electron chi connectivity index (χ2n) is 4.34. The van der Waals surface area contributed by atoms with Gasteiger partial charge in [0.2, 0.25) is 0 Å². The monoisotopic (exact) mass is 252 g/mol. The standard InChI is InChI=1S/C12H16N2O2S/c1-8(6-11(15)16)17-12-9-4-2-3-5-10(9)13-7-14-12/h7-8H,2-6H2,1H3,(H,15,16). The number of carboxylic acid groups (broad SMARTS) is 1. The van der Waals surface area contributed by atoms with Gasteiger partial charge in [0.15, 0.2) is 0 Å². The van der Waals surface area contributed by atoms with Gasteiger partial charge in [-0.2, -0.15) is 0 Å². The molecule has 1 aliphatic carbocycles. The molecule has 0 saturated carbocycles. The van der Waals surface area contributed by atoms with Crippen molar-refractivity contribution in [2.24, 2.45) is 0 Å². The number of aromatic nitrogens is 2. The predicted molar refractivity (Wildman–Crippen MR) is 66.2 cm³/mol. The molecule has 92 valence electrons. The number of thioether (sulfide) groups is 1. The number of rotatable bonds is 4. The highest BCUT2D eigenvalue weighted by molar-refractivity contribution is 7.99. The van der Waals surface area contributed by atoms with Gasteiger partial charge in [0.25, 0.3) is 0 Å². The van der Waals surface area contributed by atoms with Gasteiger partial charge in [-0.3, -0.25) is 4.79 Å². The fourth-order valence-electron chi connectivity index (χ4n) is 2.07. The minimum absolute atomic E-state index is 0.0495. The Morgan fingerprint density at radius 2 is 2.24 bits per heavy atom. The molecule has 2 rings (SSSR count). The lowest BCUT2D eigenvalue weighted by Crippen LogP contribution is -2.11. The first-order valence-electron chi connectivity index (χ1n) is 5.88. The number of carboxylic acids is 1. The summed E-state index contributed by atoms with van der Waals surface area (Å²) >= 11 is 1.55. The van der Waals surface area contributed by atoms with Gasteiger partial charge in [0.05, 0.1) is 6.42 Å². The molecule has 1 unspecified atom stereocenters. The molecule has 1 N–H and O–H groups in total. The van der Waals surface area contributed by atoms with Crippen LogP contribution in [0.3, 0.4) is 0 Å². The number of aryl methyl sites for hydroxylation is 1. The summed E-state index contributed by atoms with van der Waals surface area (Å²) in [5.74, 6) is -0.757. The van der Waals surface area contributed by atoms with Crippen molar-refractivity contribution in [3.05, 3.63) is 17.6 Å². The summed E-state index contributed by atoms with van der Waals surface area (Å²) in [6.07, 6.45) is 6.19. The average molecular weight is 252 g/mol. The Labute approximate surface area is 105 Å². The van der Waals surface area contributed by atoms with E-state index in [0.29, 0.717) is 0 Å². The molecule has 1 aliphatic rings. The van der Waals surface area contributed by atoms with Gasteiger partial charge in [0.1, 0.15) is 11.4 Å². The summed E-state index contributed by atoms with van der Waals surface area (Å²) in [5, 5.41) is 9.78. The number of aliphatic carboxylic acids is 1. The largest absolute Gasteiger partial charge is 0.481 e. The second kappa shape index (κ2) is 5.49. The molecule has 1 aromatic heterocycles. The third-order valence-corrected chi connectivity index (χ3v) is 4.00. The van der Waals surface area contributed by atoms with Gasteiger partial charge in [-0.05, 0) is 25.7 Å². The Morgan fingerprint density at radius 1 is 1.47 bits per heavy atom. The fraction of sp³-hybridized carbons (Fsp3) is 0.583. The second-order valence-corrected chi connectivity index (χ2v) is 5.76. The zero-order chi connectivity index (χ0) is 12.3. The van der Waals surface area contributed by atoms with Crippen LogP contribution in [0.2, 0.25) is 0 Å². The van der Waals surface area contributed by atoms with Gasteiger partial charge in [-0.25, -0.2) is 9.97 Å². The van der Waals surface area contributed by atoms with E-state index in [1.54, 1.807) is 18.1 Å². The normalized spacial score (nSPS) is 16.3. The predicted octanol–water partition coefficient (Wildman–Crippen LogP) is 2.31. The van der Waals surface area contributed by atoms with Crippen molar-refractivity contribution in [3.63, 3.8) is 0 Å². The number of nitrogens with zero attached hydrogens (tertiary/aromatic N) is 2. The third-order valence-electron chi connectivity index (χ3n) is 2.86. The Morgan fingerprint density at radius 3 is 3.00 bits per heavy atom. The molecule has 1 atom stereocenters. The molecular weight excluding hydrogens is 236 g/mol. The molecule has 0 amide bonds. The maximum Gasteiger partial charge on any atom is 0.304 e. The van der Waals surface area contributed by atoms with Crippen LogP contribution in [0.4, 0.5) is 0 Å². The number of fused-ring (bicyclic) bond motifs is 1. The van der Waals surface area contributed by atoms with E-state index in [1.807, 2.05) is 6.92 Å². The Balaban J connectivity index is 2.13. The summed E-state index contributed by atoms with van der Waals surface area (Å²) in [6, 6.07) is 0. The molecule has 1 heterocycles. The van der Waals surface area contributed by atoms with Gasteiger partial charge in [-0.15, -0.1) is 11.8 Å². The van der Waals surface area contributed by atoms with Crippen molar-refractivity contribution >= 4 is 17.7 Å². The summed E-state index contributed by atoms with van der Waals surface area (Å²) in [7, 11) is 0. The summed E-state index contributed by atoms with van der Waals surface area (Å²) in [6.45, 7) is 1.93. The lowest BCUT2D eigenvalue weighted by molar-refractivity contribution is -0.136. The SMILES string of the molecule is CC(CC(=O)O)Sc1ncnc2c1CCCC2. The fourth-order valence-corrected chi connectivity index (χ4v) is 3.15. The summed E-state index contributed by atoms with van der Waals surface area (Å²) in [4.78, 5) is 19.2. The highest BCUT2D eigenvalue weighted by atomic mass is 32.2. The maximum absolute atomic E-state index is 10.6. The molecule has 0 fully saturated rings. The molecule has 0 spiro atoms. The first-order valence-corrected chi connectivity index (χ1v) is 6.76. The molecule has 0 radical (unpaired) electrons.